The third-order valence-corrected chi connectivity index (χ3v) is 4.37. The molecule has 4 aromatic rings. The number of aryl methyl sites for hydroxylation is 2. The molecule has 0 N–H and O–H groups in total. The summed E-state index contributed by atoms with van der Waals surface area (Å²) in [6.45, 7) is 3.30. The number of aromatic nitrogens is 2. The molecular formula is C22H18N2O6. The summed E-state index contributed by atoms with van der Waals surface area (Å²) in [5.41, 5.74) is 2.61. The van der Waals surface area contributed by atoms with Gasteiger partial charge in [-0.25, -0.2) is 9.59 Å². The van der Waals surface area contributed by atoms with E-state index in [9.17, 15) is 9.59 Å². The fraction of sp³-hybridized carbons (Fsp3) is 0.182. The molecule has 152 valence electrons. The van der Waals surface area contributed by atoms with E-state index >= 15 is 0 Å². The normalized spacial score (nSPS) is 10.9. The van der Waals surface area contributed by atoms with Crippen molar-refractivity contribution < 1.29 is 23.1 Å². The van der Waals surface area contributed by atoms with Crippen molar-refractivity contribution in [2.75, 3.05) is 6.61 Å². The molecule has 0 atom stereocenters. The highest BCUT2D eigenvalue weighted by molar-refractivity contribution is 5.81. The van der Waals surface area contributed by atoms with E-state index in [0.29, 0.717) is 17.2 Å². The van der Waals surface area contributed by atoms with E-state index in [2.05, 4.69) is 10.2 Å². The Kier molecular flexibility index (Phi) is 5.30. The van der Waals surface area contributed by atoms with Crippen LogP contribution in [0.4, 0.5) is 0 Å². The van der Waals surface area contributed by atoms with Crippen molar-refractivity contribution in [3.63, 3.8) is 0 Å². The third kappa shape index (κ3) is 4.38. The largest absolute Gasteiger partial charge is 0.482 e. The maximum absolute atomic E-state index is 12.0. The van der Waals surface area contributed by atoms with Crippen LogP contribution in [0, 0.1) is 13.8 Å². The van der Waals surface area contributed by atoms with Gasteiger partial charge in [-0.3, -0.25) is 0 Å². The summed E-state index contributed by atoms with van der Waals surface area (Å²) in [4.78, 5) is 23.5. The number of ether oxygens (including phenoxy) is 2. The lowest BCUT2D eigenvalue weighted by Gasteiger charge is -2.07. The second kappa shape index (κ2) is 8.20. The van der Waals surface area contributed by atoms with Crippen molar-refractivity contribution in [3.05, 3.63) is 76.0 Å². The SMILES string of the molecule is Cc1cccc(-c2nnc(COC(=O)COc3ccc4c(C)cc(=O)oc4c3)o2)c1. The molecule has 0 fully saturated rings. The molecule has 8 heteroatoms. The van der Waals surface area contributed by atoms with Crippen molar-refractivity contribution in [3.8, 4) is 17.2 Å². The van der Waals surface area contributed by atoms with Crippen LogP contribution in [0.2, 0.25) is 0 Å². The van der Waals surface area contributed by atoms with E-state index in [-0.39, 0.29) is 19.1 Å². The number of nitrogens with zero attached hydrogens (tertiary/aromatic N) is 2. The lowest BCUT2D eigenvalue weighted by molar-refractivity contribution is -0.148. The number of esters is 1. The Balaban J connectivity index is 1.33. The van der Waals surface area contributed by atoms with Crippen LogP contribution < -0.4 is 10.4 Å². The molecule has 0 aliphatic rings. The molecule has 0 saturated carbocycles. The van der Waals surface area contributed by atoms with Crippen LogP contribution in [0.15, 0.2) is 62.2 Å². The molecular weight excluding hydrogens is 388 g/mol. The molecule has 8 nitrogen and oxygen atoms in total. The summed E-state index contributed by atoms with van der Waals surface area (Å²) in [6, 6.07) is 14.1. The second-order valence-electron chi connectivity index (χ2n) is 6.73. The summed E-state index contributed by atoms with van der Waals surface area (Å²) >= 11 is 0. The number of hydrogen-bond donors (Lipinski definition) is 0. The van der Waals surface area contributed by atoms with Gasteiger partial charge in [-0.05, 0) is 43.7 Å². The highest BCUT2D eigenvalue weighted by Gasteiger charge is 2.12. The first kappa shape index (κ1) is 19.4. The monoisotopic (exact) mass is 406 g/mol. The molecule has 0 saturated heterocycles. The summed E-state index contributed by atoms with van der Waals surface area (Å²) in [5, 5.41) is 8.65. The molecule has 0 amide bonds. The number of rotatable bonds is 6. The predicted octanol–water partition coefficient (Wildman–Crippen LogP) is 3.58. The van der Waals surface area contributed by atoms with Gasteiger partial charge in [0.2, 0.25) is 5.89 Å². The van der Waals surface area contributed by atoms with E-state index in [1.54, 1.807) is 18.2 Å². The number of carbonyl (C=O) groups excluding carboxylic acids is 1. The Morgan fingerprint density at radius 3 is 2.73 bits per heavy atom. The predicted molar refractivity (Wildman–Crippen MR) is 107 cm³/mol. The number of fused-ring (bicyclic) bond motifs is 1. The summed E-state index contributed by atoms with van der Waals surface area (Å²) < 4.78 is 21.2. The van der Waals surface area contributed by atoms with E-state index in [1.165, 1.54) is 6.07 Å². The average molecular weight is 406 g/mol. The van der Waals surface area contributed by atoms with Crippen LogP contribution in [-0.2, 0) is 16.1 Å². The van der Waals surface area contributed by atoms with Gasteiger partial charge in [0, 0.05) is 23.1 Å². The van der Waals surface area contributed by atoms with E-state index in [0.717, 1.165) is 22.1 Å². The highest BCUT2D eigenvalue weighted by Crippen LogP contribution is 2.22. The topological polar surface area (TPSA) is 105 Å². The Morgan fingerprint density at radius 1 is 1.03 bits per heavy atom. The van der Waals surface area contributed by atoms with Crippen LogP contribution >= 0.6 is 0 Å². The minimum Gasteiger partial charge on any atom is -0.482 e. The van der Waals surface area contributed by atoms with E-state index < -0.39 is 11.6 Å². The molecule has 2 aromatic carbocycles. The minimum absolute atomic E-state index is 0.160. The van der Waals surface area contributed by atoms with Crippen LogP contribution in [0.25, 0.3) is 22.4 Å². The van der Waals surface area contributed by atoms with Gasteiger partial charge in [-0.15, -0.1) is 10.2 Å². The number of carbonyl (C=O) groups is 1. The lowest BCUT2D eigenvalue weighted by Crippen LogP contribution is -2.14. The zero-order valence-corrected chi connectivity index (χ0v) is 16.4. The van der Waals surface area contributed by atoms with Gasteiger partial charge in [0.15, 0.2) is 13.2 Å². The molecule has 2 aromatic heterocycles. The number of hydrogen-bond acceptors (Lipinski definition) is 8. The number of benzene rings is 2. The van der Waals surface area contributed by atoms with Crippen LogP contribution in [0.3, 0.4) is 0 Å². The van der Waals surface area contributed by atoms with Crippen LogP contribution in [-0.4, -0.2) is 22.8 Å². The maximum atomic E-state index is 12.0. The Morgan fingerprint density at radius 2 is 1.90 bits per heavy atom. The fourth-order valence-corrected chi connectivity index (χ4v) is 2.93. The average Bonchev–Trinajstić information content (AvgIpc) is 3.19. The molecule has 0 radical (unpaired) electrons. The van der Waals surface area contributed by atoms with Gasteiger partial charge >= 0.3 is 11.6 Å². The van der Waals surface area contributed by atoms with Gasteiger partial charge < -0.3 is 18.3 Å². The smallest absolute Gasteiger partial charge is 0.344 e. The van der Waals surface area contributed by atoms with Crippen LogP contribution in [0.1, 0.15) is 17.0 Å². The summed E-state index contributed by atoms with van der Waals surface area (Å²) in [5.74, 6) is 0.320. The molecule has 2 heterocycles. The van der Waals surface area contributed by atoms with Crippen molar-refractivity contribution >= 4 is 16.9 Å². The molecule has 0 aliphatic heterocycles. The van der Waals surface area contributed by atoms with Gasteiger partial charge in [-0.2, -0.15) is 0 Å². The lowest BCUT2D eigenvalue weighted by atomic mass is 10.1. The van der Waals surface area contributed by atoms with Gasteiger partial charge in [-0.1, -0.05) is 17.7 Å². The molecule has 0 spiro atoms. The molecule has 30 heavy (non-hydrogen) atoms. The van der Waals surface area contributed by atoms with Crippen molar-refractivity contribution in [2.45, 2.75) is 20.5 Å². The zero-order valence-electron chi connectivity index (χ0n) is 16.4. The standard InChI is InChI=1S/C22H18N2O6/c1-13-4-3-5-15(8-13)22-24-23-19(30-22)11-28-21(26)12-27-16-6-7-17-14(2)9-20(25)29-18(17)10-16/h3-10H,11-12H2,1-2H3. The molecule has 4 rings (SSSR count). The van der Waals surface area contributed by atoms with Gasteiger partial charge in [0.25, 0.3) is 5.89 Å². The quantitative estimate of drug-likeness (QED) is 0.353. The molecule has 0 aliphatic carbocycles. The van der Waals surface area contributed by atoms with Gasteiger partial charge in [0.1, 0.15) is 11.3 Å². The summed E-state index contributed by atoms with van der Waals surface area (Å²) in [7, 11) is 0. The second-order valence-corrected chi connectivity index (χ2v) is 6.73. The first-order valence-corrected chi connectivity index (χ1v) is 9.20. The maximum Gasteiger partial charge on any atom is 0.344 e. The van der Waals surface area contributed by atoms with E-state index in [4.69, 9.17) is 18.3 Å². The third-order valence-electron chi connectivity index (χ3n) is 4.37. The summed E-state index contributed by atoms with van der Waals surface area (Å²) in [6.07, 6.45) is 0. The molecule has 0 unspecified atom stereocenters. The zero-order chi connectivity index (χ0) is 21.1. The molecule has 0 bridgehead atoms. The first-order valence-electron chi connectivity index (χ1n) is 9.20. The van der Waals surface area contributed by atoms with E-state index in [1.807, 2.05) is 38.1 Å². The fourth-order valence-electron chi connectivity index (χ4n) is 2.93. The van der Waals surface area contributed by atoms with Crippen molar-refractivity contribution in [1.29, 1.82) is 0 Å². The Hall–Kier alpha value is -3.94. The van der Waals surface area contributed by atoms with Gasteiger partial charge in [0.05, 0.1) is 0 Å². The highest BCUT2D eigenvalue weighted by atomic mass is 16.6. The first-order chi connectivity index (χ1) is 14.5. The Bertz CT molecular complexity index is 1270. The minimum atomic E-state index is -0.601. The van der Waals surface area contributed by atoms with Crippen molar-refractivity contribution in [1.82, 2.24) is 10.2 Å². The van der Waals surface area contributed by atoms with Crippen molar-refractivity contribution in [2.24, 2.45) is 0 Å². The Labute approximate surface area is 171 Å². The van der Waals surface area contributed by atoms with Crippen LogP contribution in [0.5, 0.6) is 5.75 Å².